The number of sulfone groups is 1. The molecule has 1 N–H and O–H groups in total. The molecule has 1 heterocycles. The third-order valence-corrected chi connectivity index (χ3v) is 6.34. The van der Waals surface area contributed by atoms with Crippen LogP contribution in [0.25, 0.3) is 0 Å². The fourth-order valence-corrected chi connectivity index (χ4v) is 5.56. The van der Waals surface area contributed by atoms with Crippen LogP contribution in [0, 0.1) is 23.7 Å². The summed E-state index contributed by atoms with van der Waals surface area (Å²) in [5.74, 6) is -0.421. The van der Waals surface area contributed by atoms with Gasteiger partial charge in [-0.2, -0.15) is 0 Å². The lowest BCUT2D eigenvalue weighted by Crippen LogP contribution is -2.34. The van der Waals surface area contributed by atoms with Gasteiger partial charge in [0.05, 0.1) is 17.4 Å². The minimum atomic E-state index is -2.99. The number of hydrogen-bond donors (Lipinski definition) is 1. The molecule has 0 spiro atoms. The number of carbonyl (C=O) groups is 1. The number of rotatable bonds is 3. The molecule has 104 valence electrons. The molecule has 0 bridgehead atoms. The second-order valence-corrected chi connectivity index (χ2v) is 8.29. The Kier molecular flexibility index (Phi) is 3.99. The van der Waals surface area contributed by atoms with Crippen LogP contribution in [0.3, 0.4) is 0 Å². The fraction of sp³-hybridized carbons (Fsp3) is 0.923. The van der Waals surface area contributed by atoms with Gasteiger partial charge < -0.3 is 5.11 Å². The first-order valence-electron chi connectivity index (χ1n) is 6.82. The van der Waals surface area contributed by atoms with Gasteiger partial charge in [-0.05, 0) is 37.0 Å². The molecule has 0 aromatic carbocycles. The van der Waals surface area contributed by atoms with E-state index in [0.717, 1.165) is 19.3 Å². The van der Waals surface area contributed by atoms with Gasteiger partial charge in [-0.3, -0.25) is 4.79 Å². The van der Waals surface area contributed by atoms with Crippen molar-refractivity contribution in [1.29, 1.82) is 0 Å². The lowest BCUT2D eigenvalue weighted by molar-refractivity contribution is -0.146. The highest BCUT2D eigenvalue weighted by atomic mass is 32.2. The SMILES string of the molecule is CC1CCCC(C(C(=O)O)C2CCS(=O)(=O)C2)C1. The first-order valence-corrected chi connectivity index (χ1v) is 8.64. The normalized spacial score (nSPS) is 37.3. The van der Waals surface area contributed by atoms with Crippen LogP contribution in [0.1, 0.15) is 39.0 Å². The van der Waals surface area contributed by atoms with Crippen molar-refractivity contribution in [2.24, 2.45) is 23.7 Å². The van der Waals surface area contributed by atoms with Crippen LogP contribution in [0.4, 0.5) is 0 Å². The average Bonchev–Trinajstić information content (AvgIpc) is 2.58. The third-order valence-electron chi connectivity index (χ3n) is 4.55. The van der Waals surface area contributed by atoms with E-state index >= 15 is 0 Å². The second kappa shape index (κ2) is 5.19. The molecule has 0 aromatic rings. The summed E-state index contributed by atoms with van der Waals surface area (Å²) in [5, 5.41) is 9.45. The highest BCUT2D eigenvalue weighted by Crippen LogP contribution is 2.40. The van der Waals surface area contributed by atoms with E-state index in [2.05, 4.69) is 6.92 Å². The van der Waals surface area contributed by atoms with E-state index in [1.165, 1.54) is 6.42 Å². The van der Waals surface area contributed by atoms with Gasteiger partial charge in [0.15, 0.2) is 9.84 Å². The Hall–Kier alpha value is -0.580. The van der Waals surface area contributed by atoms with E-state index in [9.17, 15) is 18.3 Å². The summed E-state index contributed by atoms with van der Waals surface area (Å²) in [7, 11) is -2.99. The monoisotopic (exact) mass is 274 g/mol. The zero-order chi connectivity index (χ0) is 13.3. The number of aliphatic carboxylic acids is 1. The standard InChI is InChI=1S/C13H22O4S/c1-9-3-2-4-10(7-9)12(13(14)15)11-5-6-18(16,17)8-11/h9-12H,2-8H2,1H3,(H,14,15). The van der Waals surface area contributed by atoms with Crippen LogP contribution in [0.2, 0.25) is 0 Å². The van der Waals surface area contributed by atoms with Gasteiger partial charge in [-0.25, -0.2) is 8.42 Å². The zero-order valence-corrected chi connectivity index (χ0v) is 11.7. The van der Waals surface area contributed by atoms with Crippen molar-refractivity contribution in [3.63, 3.8) is 0 Å². The number of carboxylic acids is 1. The molecule has 0 aromatic heterocycles. The maximum absolute atomic E-state index is 11.5. The summed E-state index contributed by atoms with van der Waals surface area (Å²) in [6.45, 7) is 2.16. The topological polar surface area (TPSA) is 71.4 Å². The molecule has 1 aliphatic carbocycles. The molecule has 5 heteroatoms. The number of carboxylic acid groups (broad SMARTS) is 1. The Morgan fingerprint density at radius 3 is 2.44 bits per heavy atom. The molecule has 2 aliphatic rings. The summed E-state index contributed by atoms with van der Waals surface area (Å²) in [5.41, 5.74) is 0. The minimum Gasteiger partial charge on any atom is -0.481 e. The van der Waals surface area contributed by atoms with E-state index in [1.807, 2.05) is 0 Å². The third kappa shape index (κ3) is 3.05. The quantitative estimate of drug-likeness (QED) is 0.854. The molecule has 0 amide bonds. The van der Waals surface area contributed by atoms with Crippen LogP contribution in [-0.2, 0) is 14.6 Å². The van der Waals surface area contributed by atoms with Crippen LogP contribution >= 0.6 is 0 Å². The molecule has 4 unspecified atom stereocenters. The predicted octanol–water partition coefficient (Wildman–Crippen LogP) is 1.95. The second-order valence-electron chi connectivity index (χ2n) is 6.06. The Morgan fingerprint density at radius 1 is 1.22 bits per heavy atom. The molecular weight excluding hydrogens is 252 g/mol. The fourth-order valence-electron chi connectivity index (χ4n) is 3.70. The van der Waals surface area contributed by atoms with E-state index in [1.54, 1.807) is 0 Å². The molecule has 2 fully saturated rings. The van der Waals surface area contributed by atoms with Gasteiger partial charge in [0.1, 0.15) is 0 Å². The Balaban J connectivity index is 2.11. The molecule has 1 saturated carbocycles. The highest BCUT2D eigenvalue weighted by Gasteiger charge is 2.42. The predicted molar refractivity (Wildman–Crippen MR) is 69.0 cm³/mol. The average molecular weight is 274 g/mol. The zero-order valence-electron chi connectivity index (χ0n) is 10.8. The summed E-state index contributed by atoms with van der Waals surface area (Å²) in [6.07, 6.45) is 4.66. The first kappa shape index (κ1) is 13.8. The van der Waals surface area contributed by atoms with Crippen LogP contribution < -0.4 is 0 Å². The molecule has 18 heavy (non-hydrogen) atoms. The molecule has 4 nitrogen and oxygen atoms in total. The van der Waals surface area contributed by atoms with Crippen molar-refractivity contribution < 1.29 is 18.3 Å². The van der Waals surface area contributed by atoms with E-state index < -0.39 is 21.7 Å². The molecule has 0 radical (unpaired) electrons. The van der Waals surface area contributed by atoms with E-state index in [0.29, 0.717) is 12.3 Å². The lowest BCUT2D eigenvalue weighted by atomic mass is 9.71. The Labute approximate surface area is 109 Å². The Bertz CT molecular complexity index is 415. The molecule has 2 rings (SSSR count). The molecular formula is C13H22O4S. The smallest absolute Gasteiger partial charge is 0.307 e. The van der Waals surface area contributed by atoms with Crippen molar-refractivity contribution in [1.82, 2.24) is 0 Å². The van der Waals surface area contributed by atoms with Gasteiger partial charge in [0, 0.05) is 0 Å². The summed E-state index contributed by atoms with van der Waals surface area (Å²) in [6, 6.07) is 0. The van der Waals surface area contributed by atoms with Crippen molar-refractivity contribution in [2.45, 2.75) is 39.0 Å². The van der Waals surface area contributed by atoms with Crippen molar-refractivity contribution in [3.05, 3.63) is 0 Å². The maximum atomic E-state index is 11.5. The molecule has 1 aliphatic heterocycles. The van der Waals surface area contributed by atoms with Crippen molar-refractivity contribution in [2.75, 3.05) is 11.5 Å². The van der Waals surface area contributed by atoms with Gasteiger partial charge in [0.25, 0.3) is 0 Å². The lowest BCUT2D eigenvalue weighted by Gasteiger charge is -2.33. The Morgan fingerprint density at radius 2 is 1.94 bits per heavy atom. The maximum Gasteiger partial charge on any atom is 0.307 e. The van der Waals surface area contributed by atoms with Gasteiger partial charge in [-0.1, -0.05) is 19.8 Å². The van der Waals surface area contributed by atoms with Crippen molar-refractivity contribution in [3.8, 4) is 0 Å². The highest BCUT2D eigenvalue weighted by molar-refractivity contribution is 7.91. The van der Waals surface area contributed by atoms with Crippen LogP contribution in [-0.4, -0.2) is 31.0 Å². The van der Waals surface area contributed by atoms with Crippen LogP contribution in [0.15, 0.2) is 0 Å². The van der Waals surface area contributed by atoms with E-state index in [-0.39, 0.29) is 23.3 Å². The summed E-state index contributed by atoms with van der Waals surface area (Å²) >= 11 is 0. The van der Waals surface area contributed by atoms with E-state index in [4.69, 9.17) is 0 Å². The summed E-state index contributed by atoms with van der Waals surface area (Å²) < 4.78 is 23.0. The number of hydrogen-bond acceptors (Lipinski definition) is 3. The minimum absolute atomic E-state index is 0.0782. The van der Waals surface area contributed by atoms with Gasteiger partial charge >= 0.3 is 5.97 Å². The molecule has 1 saturated heterocycles. The first-order chi connectivity index (χ1) is 8.39. The largest absolute Gasteiger partial charge is 0.481 e. The van der Waals surface area contributed by atoms with Crippen molar-refractivity contribution >= 4 is 15.8 Å². The molecule has 4 atom stereocenters. The van der Waals surface area contributed by atoms with Crippen LogP contribution in [0.5, 0.6) is 0 Å². The van der Waals surface area contributed by atoms with Gasteiger partial charge in [0.2, 0.25) is 0 Å². The van der Waals surface area contributed by atoms with Gasteiger partial charge in [-0.15, -0.1) is 0 Å². The summed E-state index contributed by atoms with van der Waals surface area (Å²) in [4.78, 5) is 11.5.